The molecule has 0 aromatic heterocycles. The number of halogens is 1. The van der Waals surface area contributed by atoms with Gasteiger partial charge < -0.3 is 4.90 Å². The first-order chi connectivity index (χ1) is 6.43. The van der Waals surface area contributed by atoms with Crippen LogP contribution in [-0.2, 0) is 0 Å². The lowest BCUT2D eigenvalue weighted by atomic mass is 10.2. The third kappa shape index (κ3) is 2.04. The fourth-order valence-corrected chi connectivity index (χ4v) is 1.49. The largest absolute Gasteiger partial charge is 0.372 e. The molecule has 0 radical (unpaired) electrons. The van der Waals surface area contributed by atoms with Crippen LogP contribution in [-0.4, -0.2) is 19.0 Å². The van der Waals surface area contributed by atoms with Crippen molar-refractivity contribution in [2.24, 2.45) is 0 Å². The Labute approximate surface area is 90.8 Å². The van der Waals surface area contributed by atoms with Crippen LogP contribution in [0.4, 0.5) is 11.4 Å². The van der Waals surface area contributed by atoms with Crippen LogP contribution in [0.1, 0.15) is 5.56 Å². The van der Waals surface area contributed by atoms with Crippen molar-refractivity contribution >= 4 is 27.3 Å². The maximum atomic E-state index is 10.7. The molecule has 0 atom stereocenters. The molecule has 0 heterocycles. The summed E-state index contributed by atoms with van der Waals surface area (Å²) in [6.45, 7) is 1.90. The second-order valence-electron chi connectivity index (χ2n) is 3.24. The molecule has 5 heteroatoms. The Bertz CT molecular complexity index is 377. The van der Waals surface area contributed by atoms with Crippen LogP contribution in [0.15, 0.2) is 16.6 Å². The van der Waals surface area contributed by atoms with E-state index in [1.807, 2.05) is 6.92 Å². The van der Waals surface area contributed by atoms with Gasteiger partial charge in [0, 0.05) is 24.6 Å². The number of hydrogen-bond donors (Lipinski definition) is 0. The summed E-state index contributed by atoms with van der Waals surface area (Å²) >= 11 is 3.27. The minimum Gasteiger partial charge on any atom is -0.372 e. The molecule has 14 heavy (non-hydrogen) atoms. The van der Waals surface area contributed by atoms with E-state index in [4.69, 9.17) is 0 Å². The average Bonchev–Trinajstić information content (AvgIpc) is 2.08. The van der Waals surface area contributed by atoms with Crippen molar-refractivity contribution in [3.8, 4) is 0 Å². The summed E-state index contributed by atoms with van der Waals surface area (Å²) in [7, 11) is 3.57. The molecule has 0 aliphatic carbocycles. The molecule has 0 aliphatic rings. The standard InChI is InChI=1S/C9H11BrN2O2/c1-6-4-8(11(2)3)9(12(13)14)5-7(6)10/h4-5H,1-3H3. The van der Waals surface area contributed by atoms with Crippen LogP contribution in [0.5, 0.6) is 0 Å². The van der Waals surface area contributed by atoms with Gasteiger partial charge in [-0.25, -0.2) is 0 Å². The SMILES string of the molecule is Cc1cc(N(C)C)c([N+](=O)[O-])cc1Br. The van der Waals surface area contributed by atoms with E-state index in [0.717, 1.165) is 10.0 Å². The molecule has 0 amide bonds. The molecule has 0 bridgehead atoms. The van der Waals surface area contributed by atoms with E-state index in [1.54, 1.807) is 25.1 Å². The highest BCUT2D eigenvalue weighted by molar-refractivity contribution is 9.10. The van der Waals surface area contributed by atoms with Crippen LogP contribution in [0.3, 0.4) is 0 Å². The topological polar surface area (TPSA) is 46.4 Å². The van der Waals surface area contributed by atoms with Crippen LogP contribution < -0.4 is 4.90 Å². The molecular weight excluding hydrogens is 248 g/mol. The predicted molar refractivity (Wildman–Crippen MR) is 59.9 cm³/mol. The third-order valence-electron chi connectivity index (χ3n) is 1.93. The van der Waals surface area contributed by atoms with Gasteiger partial charge in [-0.2, -0.15) is 0 Å². The van der Waals surface area contributed by atoms with E-state index in [0.29, 0.717) is 5.69 Å². The molecule has 0 fully saturated rings. The summed E-state index contributed by atoms with van der Waals surface area (Å²) < 4.78 is 0.759. The number of benzene rings is 1. The van der Waals surface area contributed by atoms with E-state index in [2.05, 4.69) is 15.9 Å². The van der Waals surface area contributed by atoms with Crippen molar-refractivity contribution in [1.82, 2.24) is 0 Å². The second-order valence-corrected chi connectivity index (χ2v) is 4.10. The minimum absolute atomic E-state index is 0.118. The van der Waals surface area contributed by atoms with Gasteiger partial charge in [0.15, 0.2) is 0 Å². The number of nitrogens with zero attached hydrogens (tertiary/aromatic N) is 2. The highest BCUT2D eigenvalue weighted by Crippen LogP contribution is 2.32. The zero-order valence-electron chi connectivity index (χ0n) is 8.24. The Balaban J connectivity index is 3.39. The molecular formula is C9H11BrN2O2. The number of nitro groups is 1. The van der Waals surface area contributed by atoms with Crippen LogP contribution in [0, 0.1) is 17.0 Å². The van der Waals surface area contributed by atoms with Crippen LogP contribution in [0.2, 0.25) is 0 Å². The van der Waals surface area contributed by atoms with Gasteiger partial charge in [0.25, 0.3) is 5.69 Å². The molecule has 0 unspecified atom stereocenters. The number of hydrogen-bond acceptors (Lipinski definition) is 3. The van der Waals surface area contributed by atoms with Gasteiger partial charge >= 0.3 is 0 Å². The molecule has 1 aromatic rings. The quantitative estimate of drug-likeness (QED) is 0.606. The highest BCUT2D eigenvalue weighted by atomic mass is 79.9. The van der Waals surface area contributed by atoms with Crippen LogP contribution >= 0.6 is 15.9 Å². The van der Waals surface area contributed by atoms with Crippen molar-refractivity contribution in [3.05, 3.63) is 32.3 Å². The maximum absolute atomic E-state index is 10.7. The Morgan fingerprint density at radius 3 is 2.43 bits per heavy atom. The van der Waals surface area contributed by atoms with Crippen molar-refractivity contribution in [1.29, 1.82) is 0 Å². The molecule has 1 rings (SSSR count). The molecule has 0 saturated heterocycles. The summed E-state index contributed by atoms with van der Waals surface area (Å²) in [4.78, 5) is 12.1. The first kappa shape index (κ1) is 11.0. The number of aryl methyl sites for hydroxylation is 1. The fraction of sp³-hybridized carbons (Fsp3) is 0.333. The molecule has 0 aliphatic heterocycles. The van der Waals surface area contributed by atoms with Crippen molar-refractivity contribution in [2.75, 3.05) is 19.0 Å². The summed E-state index contributed by atoms with van der Waals surface area (Å²) in [5.41, 5.74) is 1.72. The lowest BCUT2D eigenvalue weighted by molar-refractivity contribution is -0.384. The zero-order valence-corrected chi connectivity index (χ0v) is 9.83. The van der Waals surface area contributed by atoms with Gasteiger partial charge in [-0.1, -0.05) is 15.9 Å². The number of rotatable bonds is 2. The fourth-order valence-electron chi connectivity index (χ4n) is 1.16. The summed E-state index contributed by atoms with van der Waals surface area (Å²) in [5.74, 6) is 0. The van der Waals surface area contributed by atoms with E-state index >= 15 is 0 Å². The Kier molecular flexibility index (Phi) is 3.10. The van der Waals surface area contributed by atoms with E-state index in [-0.39, 0.29) is 10.6 Å². The first-order valence-electron chi connectivity index (χ1n) is 4.05. The van der Waals surface area contributed by atoms with Crippen molar-refractivity contribution in [3.63, 3.8) is 0 Å². The molecule has 0 N–H and O–H groups in total. The Hall–Kier alpha value is -1.10. The number of anilines is 1. The third-order valence-corrected chi connectivity index (χ3v) is 2.79. The van der Waals surface area contributed by atoms with E-state index in [9.17, 15) is 10.1 Å². The predicted octanol–water partition coefficient (Wildman–Crippen LogP) is 2.73. The summed E-state index contributed by atoms with van der Waals surface area (Å²) in [6, 6.07) is 3.33. The normalized spacial score (nSPS) is 10.0. The Morgan fingerprint density at radius 1 is 1.43 bits per heavy atom. The van der Waals surface area contributed by atoms with E-state index in [1.165, 1.54) is 6.07 Å². The van der Waals surface area contributed by atoms with Gasteiger partial charge in [-0.3, -0.25) is 10.1 Å². The number of nitro benzene ring substituents is 1. The molecule has 4 nitrogen and oxygen atoms in total. The second kappa shape index (κ2) is 3.96. The smallest absolute Gasteiger partial charge is 0.293 e. The van der Waals surface area contributed by atoms with E-state index < -0.39 is 0 Å². The van der Waals surface area contributed by atoms with Gasteiger partial charge in [0.1, 0.15) is 5.69 Å². The summed E-state index contributed by atoms with van der Waals surface area (Å²) in [6.07, 6.45) is 0. The van der Waals surface area contributed by atoms with Gasteiger partial charge in [-0.15, -0.1) is 0 Å². The first-order valence-corrected chi connectivity index (χ1v) is 4.84. The Morgan fingerprint density at radius 2 is 2.00 bits per heavy atom. The lowest BCUT2D eigenvalue weighted by Crippen LogP contribution is -2.11. The lowest BCUT2D eigenvalue weighted by Gasteiger charge is -2.13. The molecule has 0 spiro atoms. The average molecular weight is 259 g/mol. The molecule has 1 aromatic carbocycles. The van der Waals surface area contributed by atoms with Gasteiger partial charge in [0.2, 0.25) is 0 Å². The van der Waals surface area contributed by atoms with Gasteiger partial charge in [-0.05, 0) is 18.6 Å². The van der Waals surface area contributed by atoms with Crippen molar-refractivity contribution < 1.29 is 4.92 Å². The monoisotopic (exact) mass is 258 g/mol. The maximum Gasteiger partial charge on any atom is 0.293 e. The van der Waals surface area contributed by atoms with Crippen molar-refractivity contribution in [2.45, 2.75) is 6.92 Å². The molecule has 0 saturated carbocycles. The molecule has 76 valence electrons. The minimum atomic E-state index is -0.375. The summed E-state index contributed by atoms with van der Waals surface area (Å²) in [5, 5.41) is 10.7. The van der Waals surface area contributed by atoms with Gasteiger partial charge in [0.05, 0.1) is 4.92 Å². The highest BCUT2D eigenvalue weighted by Gasteiger charge is 2.16. The zero-order chi connectivity index (χ0) is 10.9. The van der Waals surface area contributed by atoms with Crippen LogP contribution in [0.25, 0.3) is 0 Å².